The highest BCUT2D eigenvalue weighted by Gasteiger charge is 2.21. The SMILES string of the molecule is O=C(CCN[C@H]1CCN(Cc2ccccc2)C1)NCc1ccco1. The quantitative estimate of drug-likeness (QED) is 0.780. The predicted octanol–water partition coefficient (Wildman–Crippen LogP) is 2.15. The highest BCUT2D eigenvalue weighted by molar-refractivity contribution is 5.75. The van der Waals surface area contributed by atoms with Crippen LogP contribution in [0, 0.1) is 0 Å². The number of carbonyl (C=O) groups is 1. The van der Waals surface area contributed by atoms with Crippen molar-refractivity contribution in [3.63, 3.8) is 0 Å². The van der Waals surface area contributed by atoms with Crippen LogP contribution in [0.5, 0.6) is 0 Å². The molecule has 5 heteroatoms. The summed E-state index contributed by atoms with van der Waals surface area (Å²) in [6.07, 6.45) is 3.25. The molecule has 3 rings (SSSR count). The molecule has 0 spiro atoms. The van der Waals surface area contributed by atoms with Gasteiger partial charge in [-0.3, -0.25) is 9.69 Å². The largest absolute Gasteiger partial charge is 0.467 e. The Morgan fingerprint density at radius 2 is 2.08 bits per heavy atom. The number of hydrogen-bond acceptors (Lipinski definition) is 4. The van der Waals surface area contributed by atoms with Gasteiger partial charge in [0.15, 0.2) is 0 Å². The molecule has 128 valence electrons. The van der Waals surface area contributed by atoms with Crippen LogP contribution in [0.2, 0.25) is 0 Å². The maximum atomic E-state index is 11.8. The van der Waals surface area contributed by atoms with Crippen molar-refractivity contribution in [1.29, 1.82) is 0 Å². The minimum absolute atomic E-state index is 0.0537. The fourth-order valence-corrected chi connectivity index (χ4v) is 3.06. The number of rotatable bonds is 8. The maximum Gasteiger partial charge on any atom is 0.221 e. The number of nitrogens with one attached hydrogen (secondary N) is 2. The third-order valence-corrected chi connectivity index (χ3v) is 4.35. The van der Waals surface area contributed by atoms with Crippen LogP contribution in [0.3, 0.4) is 0 Å². The van der Waals surface area contributed by atoms with Gasteiger partial charge in [-0.2, -0.15) is 0 Å². The van der Waals surface area contributed by atoms with Crippen LogP contribution in [0.15, 0.2) is 53.1 Å². The summed E-state index contributed by atoms with van der Waals surface area (Å²) in [4.78, 5) is 14.3. The highest BCUT2D eigenvalue weighted by atomic mass is 16.3. The molecule has 24 heavy (non-hydrogen) atoms. The van der Waals surface area contributed by atoms with Crippen LogP contribution in [-0.4, -0.2) is 36.5 Å². The number of amides is 1. The summed E-state index contributed by atoms with van der Waals surface area (Å²) < 4.78 is 5.19. The van der Waals surface area contributed by atoms with E-state index in [-0.39, 0.29) is 5.91 Å². The minimum atomic E-state index is 0.0537. The molecule has 5 nitrogen and oxygen atoms in total. The first-order chi connectivity index (χ1) is 11.8. The van der Waals surface area contributed by atoms with E-state index in [1.165, 1.54) is 5.56 Å². The van der Waals surface area contributed by atoms with E-state index in [1.54, 1.807) is 6.26 Å². The van der Waals surface area contributed by atoms with E-state index in [4.69, 9.17) is 4.42 Å². The fourth-order valence-electron chi connectivity index (χ4n) is 3.06. The average molecular weight is 327 g/mol. The van der Waals surface area contributed by atoms with E-state index in [1.807, 2.05) is 12.1 Å². The Balaban J connectivity index is 1.29. The summed E-state index contributed by atoms with van der Waals surface area (Å²) >= 11 is 0. The Morgan fingerprint density at radius 1 is 1.21 bits per heavy atom. The van der Waals surface area contributed by atoms with Gasteiger partial charge in [-0.15, -0.1) is 0 Å². The lowest BCUT2D eigenvalue weighted by Gasteiger charge is -2.16. The highest BCUT2D eigenvalue weighted by Crippen LogP contribution is 2.13. The van der Waals surface area contributed by atoms with Crippen molar-refractivity contribution in [1.82, 2.24) is 15.5 Å². The second kappa shape index (κ2) is 8.66. The van der Waals surface area contributed by atoms with Crippen LogP contribution in [0.4, 0.5) is 0 Å². The lowest BCUT2D eigenvalue weighted by Crippen LogP contribution is -2.35. The summed E-state index contributed by atoms with van der Waals surface area (Å²) in [7, 11) is 0. The molecule has 2 aromatic rings. The number of furan rings is 1. The first kappa shape index (κ1) is 16.7. The lowest BCUT2D eigenvalue weighted by molar-refractivity contribution is -0.121. The van der Waals surface area contributed by atoms with Gasteiger partial charge in [0, 0.05) is 38.6 Å². The monoisotopic (exact) mass is 327 g/mol. The van der Waals surface area contributed by atoms with Gasteiger partial charge in [-0.05, 0) is 24.1 Å². The summed E-state index contributed by atoms with van der Waals surface area (Å²) in [6.45, 7) is 4.33. The van der Waals surface area contributed by atoms with E-state index in [0.717, 1.165) is 31.8 Å². The van der Waals surface area contributed by atoms with Gasteiger partial charge in [0.25, 0.3) is 0 Å². The smallest absolute Gasteiger partial charge is 0.221 e. The number of nitrogens with zero attached hydrogens (tertiary/aromatic N) is 1. The molecule has 1 amide bonds. The van der Waals surface area contributed by atoms with Crippen molar-refractivity contribution in [3.8, 4) is 0 Å². The van der Waals surface area contributed by atoms with Gasteiger partial charge < -0.3 is 15.1 Å². The Hall–Kier alpha value is -2.11. The molecule has 0 bridgehead atoms. The Kier molecular flexibility index (Phi) is 6.04. The van der Waals surface area contributed by atoms with Gasteiger partial charge in [-0.25, -0.2) is 0 Å². The predicted molar refractivity (Wildman–Crippen MR) is 93.3 cm³/mol. The fraction of sp³-hybridized carbons (Fsp3) is 0.421. The molecule has 0 unspecified atom stereocenters. The Bertz CT molecular complexity index is 613. The van der Waals surface area contributed by atoms with Crippen molar-refractivity contribution < 1.29 is 9.21 Å². The maximum absolute atomic E-state index is 11.8. The molecule has 1 aromatic heterocycles. The van der Waals surface area contributed by atoms with Crippen LogP contribution >= 0.6 is 0 Å². The first-order valence-electron chi connectivity index (χ1n) is 8.58. The van der Waals surface area contributed by atoms with Crippen LogP contribution in [-0.2, 0) is 17.9 Å². The van der Waals surface area contributed by atoms with Crippen LogP contribution < -0.4 is 10.6 Å². The summed E-state index contributed by atoms with van der Waals surface area (Å²) in [5.74, 6) is 0.835. The van der Waals surface area contributed by atoms with Crippen molar-refractivity contribution in [2.75, 3.05) is 19.6 Å². The Morgan fingerprint density at radius 3 is 2.88 bits per heavy atom. The van der Waals surface area contributed by atoms with Gasteiger partial charge in [-0.1, -0.05) is 30.3 Å². The molecule has 0 radical (unpaired) electrons. The third kappa shape index (κ3) is 5.22. The zero-order valence-electron chi connectivity index (χ0n) is 13.9. The van der Waals surface area contributed by atoms with Gasteiger partial charge in [0.1, 0.15) is 5.76 Å². The summed E-state index contributed by atoms with van der Waals surface area (Å²) in [5.41, 5.74) is 1.36. The van der Waals surface area contributed by atoms with Crippen molar-refractivity contribution in [2.24, 2.45) is 0 Å². The van der Waals surface area contributed by atoms with Gasteiger partial charge >= 0.3 is 0 Å². The number of carbonyl (C=O) groups excluding carboxylic acids is 1. The molecule has 1 aliphatic rings. The van der Waals surface area contributed by atoms with Crippen molar-refractivity contribution >= 4 is 5.91 Å². The van der Waals surface area contributed by atoms with Crippen LogP contribution in [0.25, 0.3) is 0 Å². The molecular formula is C19H25N3O2. The van der Waals surface area contributed by atoms with Crippen molar-refractivity contribution in [2.45, 2.75) is 32.0 Å². The molecule has 2 N–H and O–H groups in total. The third-order valence-electron chi connectivity index (χ3n) is 4.35. The second-order valence-corrected chi connectivity index (χ2v) is 6.27. The normalized spacial score (nSPS) is 17.9. The van der Waals surface area contributed by atoms with Gasteiger partial charge in [0.05, 0.1) is 12.8 Å². The molecule has 1 aliphatic heterocycles. The second-order valence-electron chi connectivity index (χ2n) is 6.27. The first-order valence-corrected chi connectivity index (χ1v) is 8.58. The molecule has 1 atom stereocenters. The van der Waals surface area contributed by atoms with E-state index >= 15 is 0 Å². The molecule has 0 aliphatic carbocycles. The zero-order valence-corrected chi connectivity index (χ0v) is 13.9. The van der Waals surface area contributed by atoms with Crippen molar-refractivity contribution in [3.05, 3.63) is 60.1 Å². The minimum Gasteiger partial charge on any atom is -0.467 e. The lowest BCUT2D eigenvalue weighted by atomic mass is 10.2. The van der Waals surface area contributed by atoms with Gasteiger partial charge in [0.2, 0.25) is 5.91 Å². The molecule has 1 aromatic carbocycles. The topological polar surface area (TPSA) is 57.5 Å². The molecule has 2 heterocycles. The summed E-state index contributed by atoms with van der Waals surface area (Å²) in [6, 6.07) is 14.7. The summed E-state index contributed by atoms with van der Waals surface area (Å²) in [5, 5.41) is 6.36. The zero-order chi connectivity index (χ0) is 16.6. The van der Waals surface area contributed by atoms with E-state index in [0.29, 0.717) is 25.6 Å². The number of hydrogen-bond donors (Lipinski definition) is 2. The molecule has 0 saturated carbocycles. The van der Waals surface area contributed by atoms with E-state index < -0.39 is 0 Å². The number of benzene rings is 1. The van der Waals surface area contributed by atoms with Crippen LogP contribution in [0.1, 0.15) is 24.2 Å². The standard InChI is InChI=1S/C19H25N3O2/c23-19(21-13-18-7-4-12-24-18)8-10-20-17-9-11-22(15-17)14-16-5-2-1-3-6-16/h1-7,12,17,20H,8-11,13-15H2,(H,21,23)/t17-/m0/s1. The van der Waals surface area contributed by atoms with E-state index in [2.05, 4.69) is 45.9 Å². The molecular weight excluding hydrogens is 302 g/mol. The Labute approximate surface area is 143 Å². The van der Waals surface area contributed by atoms with E-state index in [9.17, 15) is 4.79 Å². The number of likely N-dealkylation sites (tertiary alicyclic amines) is 1. The molecule has 1 fully saturated rings. The average Bonchev–Trinajstić information content (AvgIpc) is 3.26. The molecule has 1 saturated heterocycles.